The zero-order valence-corrected chi connectivity index (χ0v) is 14.2. The van der Waals surface area contributed by atoms with E-state index in [4.69, 9.17) is 16.3 Å². The molecule has 0 fully saturated rings. The van der Waals surface area contributed by atoms with Crippen molar-refractivity contribution in [1.29, 1.82) is 0 Å². The van der Waals surface area contributed by atoms with Gasteiger partial charge in [0.25, 0.3) is 5.91 Å². The fourth-order valence-electron chi connectivity index (χ4n) is 1.50. The van der Waals surface area contributed by atoms with Crippen molar-refractivity contribution >= 4 is 52.8 Å². The molecule has 1 N–H and O–H groups in total. The van der Waals surface area contributed by atoms with Crippen molar-refractivity contribution in [2.24, 2.45) is 0 Å². The Balaban J connectivity index is 2.21. The van der Waals surface area contributed by atoms with Gasteiger partial charge in [0.05, 0.1) is 15.4 Å². The largest absolute Gasteiger partial charge is 0.459 e. The van der Waals surface area contributed by atoms with Crippen molar-refractivity contribution in [3.05, 3.63) is 44.0 Å². The van der Waals surface area contributed by atoms with Gasteiger partial charge in [0, 0.05) is 6.20 Å². The van der Waals surface area contributed by atoms with Crippen molar-refractivity contribution in [3.8, 4) is 0 Å². The molecule has 0 unspecified atom stereocenters. The summed E-state index contributed by atoms with van der Waals surface area (Å²) in [4.78, 5) is 28.6. The average Bonchev–Trinajstić information content (AvgIpc) is 2.94. The van der Waals surface area contributed by atoms with Crippen molar-refractivity contribution in [1.82, 2.24) is 4.98 Å². The van der Waals surface area contributed by atoms with Crippen LogP contribution in [0, 0.1) is 0 Å². The summed E-state index contributed by atoms with van der Waals surface area (Å²) >= 11 is 8.36. The fourth-order valence-corrected chi connectivity index (χ4v) is 3.44. The molecule has 0 spiro atoms. The van der Waals surface area contributed by atoms with Crippen LogP contribution in [0.25, 0.3) is 0 Å². The molecule has 0 atom stereocenters. The monoisotopic (exact) mass is 356 g/mol. The number of aromatic nitrogens is 1. The number of hydrogen-bond donors (Lipinski definition) is 1. The summed E-state index contributed by atoms with van der Waals surface area (Å²) in [6.07, 6.45) is 1.10. The number of nitrogens with zero attached hydrogens (tertiary/aromatic N) is 1. The van der Waals surface area contributed by atoms with Crippen molar-refractivity contribution in [2.45, 2.75) is 20.0 Å². The molecule has 1 aliphatic heterocycles. The van der Waals surface area contributed by atoms with Crippen LogP contribution in [-0.4, -0.2) is 23.0 Å². The van der Waals surface area contributed by atoms with Crippen LogP contribution in [0.4, 0.5) is 5.82 Å². The van der Waals surface area contributed by atoms with Gasteiger partial charge in [0.2, 0.25) is 0 Å². The number of rotatable bonds is 4. The highest BCUT2D eigenvalue weighted by Gasteiger charge is 2.27. The van der Waals surface area contributed by atoms with Gasteiger partial charge in [0.1, 0.15) is 11.4 Å². The van der Waals surface area contributed by atoms with E-state index in [1.807, 2.05) is 0 Å². The molecule has 2 heterocycles. The maximum Gasteiger partial charge on any atom is 0.345 e. The van der Waals surface area contributed by atoms with E-state index in [2.05, 4.69) is 10.3 Å². The van der Waals surface area contributed by atoms with Gasteiger partial charge in [-0.1, -0.05) is 35.1 Å². The third kappa shape index (κ3) is 4.53. The molecule has 0 bridgehead atoms. The van der Waals surface area contributed by atoms with E-state index in [-0.39, 0.29) is 11.7 Å². The third-order valence-corrected chi connectivity index (χ3v) is 4.71. The Morgan fingerprint density at radius 3 is 2.50 bits per heavy atom. The smallest absolute Gasteiger partial charge is 0.345 e. The van der Waals surface area contributed by atoms with Gasteiger partial charge < -0.3 is 10.1 Å². The second-order valence-corrected chi connectivity index (χ2v) is 6.97. The highest BCUT2D eigenvalue weighted by Crippen LogP contribution is 2.40. The number of carbonyl (C=O) groups is 2. The molecule has 1 amide bonds. The number of pyridine rings is 1. The highest BCUT2D eigenvalue weighted by molar-refractivity contribution is 8.27. The highest BCUT2D eigenvalue weighted by atomic mass is 35.5. The average molecular weight is 357 g/mol. The number of thioether (sulfide) groups is 2. The summed E-state index contributed by atoms with van der Waals surface area (Å²) in [5.41, 5.74) is -0.0227. The molecule has 116 valence electrons. The summed E-state index contributed by atoms with van der Waals surface area (Å²) in [5.74, 6) is -0.898. The van der Waals surface area contributed by atoms with Crippen LogP contribution in [0.2, 0.25) is 5.02 Å². The molecule has 2 rings (SSSR count). The first-order valence-corrected chi connectivity index (χ1v) is 8.47. The minimum Gasteiger partial charge on any atom is -0.459 e. The normalized spacial score (nSPS) is 13.4. The topological polar surface area (TPSA) is 68.3 Å². The number of hydrogen-bond acceptors (Lipinski definition) is 6. The van der Waals surface area contributed by atoms with E-state index >= 15 is 0 Å². The van der Waals surface area contributed by atoms with Crippen LogP contribution in [0.5, 0.6) is 0 Å². The lowest BCUT2D eigenvalue weighted by Crippen LogP contribution is -2.25. The van der Waals surface area contributed by atoms with Gasteiger partial charge in [-0.25, -0.2) is 9.78 Å². The fraction of sp³-hybridized carbons (Fsp3) is 0.214. The van der Waals surface area contributed by atoms with Crippen molar-refractivity contribution in [2.75, 3.05) is 5.32 Å². The number of nitrogens with one attached hydrogen (secondary N) is 1. The first-order valence-electron chi connectivity index (χ1n) is 6.34. The van der Waals surface area contributed by atoms with Crippen LogP contribution < -0.4 is 5.32 Å². The number of ether oxygens (including phenoxy) is 1. The second-order valence-electron chi connectivity index (χ2n) is 4.44. The minimum absolute atomic E-state index is 0.0227. The summed E-state index contributed by atoms with van der Waals surface area (Å²) in [6.45, 7) is 3.46. The summed E-state index contributed by atoms with van der Waals surface area (Å²) in [7, 11) is 0. The number of amides is 1. The Hall–Kier alpha value is -1.44. The molecule has 22 heavy (non-hydrogen) atoms. The van der Waals surface area contributed by atoms with Crippen LogP contribution in [0.3, 0.4) is 0 Å². The predicted molar refractivity (Wildman–Crippen MR) is 90.5 cm³/mol. The molecule has 0 aromatic carbocycles. The lowest BCUT2D eigenvalue weighted by molar-refractivity contribution is -0.143. The summed E-state index contributed by atoms with van der Waals surface area (Å²) in [6, 6.07) is 3.16. The van der Waals surface area contributed by atoms with Gasteiger partial charge in [-0.05, 0) is 36.8 Å². The van der Waals surface area contributed by atoms with Gasteiger partial charge >= 0.3 is 5.97 Å². The van der Waals surface area contributed by atoms with E-state index in [0.717, 1.165) is 0 Å². The molecule has 1 aliphatic rings. The van der Waals surface area contributed by atoms with Crippen LogP contribution in [-0.2, 0) is 14.3 Å². The molecule has 0 saturated heterocycles. The number of esters is 1. The van der Waals surface area contributed by atoms with Crippen LogP contribution in [0.15, 0.2) is 39.0 Å². The van der Waals surface area contributed by atoms with E-state index < -0.39 is 11.9 Å². The SMILES string of the molecule is CC(C)OC(=O)C(C(=O)Nc1ccc(Cl)cn1)=C1SC=CS1. The molecular weight excluding hydrogens is 344 g/mol. The molecular formula is C14H13ClN2O3S2. The maximum absolute atomic E-state index is 12.4. The van der Waals surface area contributed by atoms with E-state index in [1.54, 1.807) is 36.8 Å². The second kappa shape index (κ2) is 7.71. The van der Waals surface area contributed by atoms with E-state index in [1.165, 1.54) is 29.7 Å². The van der Waals surface area contributed by atoms with Crippen LogP contribution >= 0.6 is 35.1 Å². The summed E-state index contributed by atoms with van der Waals surface area (Å²) in [5, 5.41) is 6.64. The zero-order chi connectivity index (χ0) is 16.1. The zero-order valence-electron chi connectivity index (χ0n) is 11.8. The van der Waals surface area contributed by atoms with Gasteiger partial charge in [-0.15, -0.1) is 0 Å². The van der Waals surface area contributed by atoms with Gasteiger partial charge in [-0.3, -0.25) is 4.79 Å². The lowest BCUT2D eigenvalue weighted by Gasteiger charge is -2.12. The quantitative estimate of drug-likeness (QED) is 0.383. The Kier molecular flexibility index (Phi) is 5.93. The molecule has 0 radical (unpaired) electrons. The molecule has 8 heteroatoms. The number of halogens is 1. The number of anilines is 1. The molecule has 1 aromatic heterocycles. The van der Waals surface area contributed by atoms with E-state index in [0.29, 0.717) is 15.1 Å². The van der Waals surface area contributed by atoms with Gasteiger partial charge in [0.15, 0.2) is 0 Å². The first-order chi connectivity index (χ1) is 10.5. The molecule has 0 aliphatic carbocycles. The first kappa shape index (κ1) is 16.9. The van der Waals surface area contributed by atoms with Gasteiger partial charge in [-0.2, -0.15) is 0 Å². The van der Waals surface area contributed by atoms with Crippen molar-refractivity contribution < 1.29 is 14.3 Å². The Morgan fingerprint density at radius 1 is 1.27 bits per heavy atom. The molecule has 5 nitrogen and oxygen atoms in total. The maximum atomic E-state index is 12.4. The lowest BCUT2D eigenvalue weighted by atomic mass is 10.3. The van der Waals surface area contributed by atoms with Crippen molar-refractivity contribution in [3.63, 3.8) is 0 Å². The minimum atomic E-state index is -0.653. The van der Waals surface area contributed by atoms with E-state index in [9.17, 15) is 9.59 Å². The number of carbonyl (C=O) groups excluding carboxylic acids is 2. The Labute approximate surface area is 141 Å². The molecule has 0 saturated carbocycles. The predicted octanol–water partition coefficient (Wildman–Crippen LogP) is 3.79. The standard InChI is InChI=1S/C14H13ClN2O3S2/c1-8(2)20-13(19)11(14-21-5-6-22-14)12(18)17-10-4-3-9(15)7-16-10/h3-8H,1-2H3,(H,16,17,18). The Bertz CT molecular complexity index is 632. The summed E-state index contributed by atoms with van der Waals surface area (Å²) < 4.78 is 5.73. The van der Waals surface area contributed by atoms with Crippen LogP contribution in [0.1, 0.15) is 13.8 Å². The third-order valence-electron chi connectivity index (χ3n) is 2.35. The Morgan fingerprint density at radius 2 is 1.95 bits per heavy atom. The molecule has 1 aromatic rings.